The molecule has 7 heteroatoms. The first-order valence-corrected chi connectivity index (χ1v) is 8.59. The van der Waals surface area contributed by atoms with E-state index < -0.39 is 0 Å². The van der Waals surface area contributed by atoms with E-state index >= 15 is 0 Å². The zero-order valence-corrected chi connectivity index (χ0v) is 15.9. The van der Waals surface area contributed by atoms with Gasteiger partial charge in [-0.3, -0.25) is 0 Å². The third kappa shape index (κ3) is 3.61. The van der Waals surface area contributed by atoms with Gasteiger partial charge in [-0.2, -0.15) is 0 Å². The van der Waals surface area contributed by atoms with Gasteiger partial charge in [-0.25, -0.2) is 0 Å². The van der Waals surface area contributed by atoms with Crippen molar-refractivity contribution < 1.29 is 9.47 Å². The lowest BCUT2D eigenvalue weighted by Crippen LogP contribution is -2.20. The third-order valence-corrected chi connectivity index (χ3v) is 4.32. The van der Waals surface area contributed by atoms with E-state index in [-0.39, 0.29) is 0 Å². The van der Waals surface area contributed by atoms with Crippen molar-refractivity contribution in [2.75, 3.05) is 30.6 Å². The van der Waals surface area contributed by atoms with Crippen LogP contribution in [0.1, 0.15) is 0 Å². The summed E-state index contributed by atoms with van der Waals surface area (Å²) < 4.78 is 10.7. The van der Waals surface area contributed by atoms with Crippen LogP contribution >= 0.6 is 23.8 Å². The molecule has 0 atom stereocenters. The van der Waals surface area contributed by atoms with Crippen molar-refractivity contribution in [1.82, 2.24) is 0 Å². The fourth-order valence-electron chi connectivity index (χ4n) is 2.73. The Kier molecular flexibility index (Phi) is 5.35. The Bertz CT molecular complexity index is 978. The molecule has 0 aliphatic carbocycles. The summed E-state index contributed by atoms with van der Waals surface area (Å²) in [6.07, 6.45) is 0. The maximum atomic E-state index is 6.14. The molecular formula is C19H18ClN3O2S. The first-order chi connectivity index (χ1) is 12.5. The summed E-state index contributed by atoms with van der Waals surface area (Å²) >= 11 is 11.6. The first kappa shape index (κ1) is 18.1. The number of rotatable bonds is 4. The van der Waals surface area contributed by atoms with Gasteiger partial charge in [-0.05, 0) is 30.4 Å². The molecule has 0 bridgehead atoms. The summed E-state index contributed by atoms with van der Waals surface area (Å²) in [4.78, 5) is 0. The molecule has 0 radical (unpaired) electrons. The van der Waals surface area contributed by atoms with Crippen molar-refractivity contribution in [3.8, 4) is 11.5 Å². The van der Waals surface area contributed by atoms with Gasteiger partial charge in [0.05, 0.1) is 19.9 Å². The van der Waals surface area contributed by atoms with E-state index in [1.165, 1.54) is 0 Å². The number of nitrogens with one attached hydrogen (secondary N) is 2. The van der Waals surface area contributed by atoms with E-state index in [4.69, 9.17) is 39.0 Å². The Morgan fingerprint density at radius 3 is 2.35 bits per heavy atom. The number of nitrogens with two attached hydrogens (primary N) is 1. The predicted octanol–water partition coefficient (Wildman–Crippen LogP) is 4.90. The maximum absolute atomic E-state index is 6.14. The van der Waals surface area contributed by atoms with Gasteiger partial charge in [-0.15, -0.1) is 0 Å². The maximum Gasteiger partial charge on any atom is 0.184 e. The number of thiocarbonyl (C=S) groups is 1. The highest BCUT2D eigenvalue weighted by Crippen LogP contribution is 2.38. The second-order valence-electron chi connectivity index (χ2n) is 5.52. The van der Waals surface area contributed by atoms with Crippen molar-refractivity contribution in [1.29, 1.82) is 0 Å². The fraction of sp³-hybridized carbons (Fsp3) is 0.105. The number of benzene rings is 3. The van der Waals surface area contributed by atoms with Crippen LogP contribution in [0.2, 0.25) is 5.02 Å². The van der Waals surface area contributed by atoms with Crippen LogP contribution in [0, 0.1) is 0 Å². The Morgan fingerprint density at radius 2 is 1.65 bits per heavy atom. The first-order valence-electron chi connectivity index (χ1n) is 7.80. The van der Waals surface area contributed by atoms with Crippen LogP contribution in [0.5, 0.6) is 11.5 Å². The smallest absolute Gasteiger partial charge is 0.184 e. The van der Waals surface area contributed by atoms with Gasteiger partial charge >= 0.3 is 0 Å². The van der Waals surface area contributed by atoms with E-state index in [9.17, 15) is 0 Å². The zero-order valence-electron chi connectivity index (χ0n) is 14.3. The minimum atomic E-state index is 0.391. The summed E-state index contributed by atoms with van der Waals surface area (Å²) in [6.45, 7) is 0. The summed E-state index contributed by atoms with van der Waals surface area (Å²) in [5, 5.41) is 9.13. The molecule has 0 saturated carbocycles. The minimum absolute atomic E-state index is 0.391. The van der Waals surface area contributed by atoms with Crippen molar-refractivity contribution in [3.63, 3.8) is 0 Å². The lowest BCUT2D eigenvalue weighted by atomic mass is 10.1. The highest BCUT2D eigenvalue weighted by molar-refractivity contribution is 7.80. The van der Waals surface area contributed by atoms with Crippen LogP contribution < -0.4 is 25.8 Å². The molecule has 0 unspecified atom stereocenters. The highest BCUT2D eigenvalue weighted by atomic mass is 35.5. The molecule has 3 aromatic carbocycles. The number of halogens is 1. The molecule has 0 heterocycles. The molecule has 5 nitrogen and oxygen atoms in total. The largest absolute Gasteiger partial charge is 0.493 e. The second-order valence-corrected chi connectivity index (χ2v) is 6.36. The van der Waals surface area contributed by atoms with Gasteiger partial charge in [0.1, 0.15) is 0 Å². The summed E-state index contributed by atoms with van der Waals surface area (Å²) in [6, 6.07) is 15.0. The third-order valence-electron chi connectivity index (χ3n) is 3.90. The monoisotopic (exact) mass is 387 g/mol. The SMILES string of the molecule is COc1cc(Cl)cc(NC(=S)Nc2ccc(N)c3ccccc23)c1OC. The van der Waals surface area contributed by atoms with Crippen LogP contribution in [0.4, 0.5) is 17.1 Å². The van der Waals surface area contributed by atoms with E-state index in [1.807, 2.05) is 36.4 Å². The second kappa shape index (κ2) is 7.68. The average Bonchev–Trinajstić information content (AvgIpc) is 2.63. The van der Waals surface area contributed by atoms with E-state index in [0.29, 0.717) is 33.0 Å². The number of fused-ring (bicyclic) bond motifs is 1. The predicted molar refractivity (Wildman–Crippen MR) is 113 cm³/mol. The molecule has 0 aromatic heterocycles. The van der Waals surface area contributed by atoms with Gasteiger partial charge in [0.25, 0.3) is 0 Å². The number of anilines is 3. The Labute approximate surface area is 162 Å². The van der Waals surface area contributed by atoms with Gasteiger partial charge in [0.2, 0.25) is 0 Å². The number of hydrogen-bond acceptors (Lipinski definition) is 4. The molecule has 0 amide bonds. The highest BCUT2D eigenvalue weighted by Gasteiger charge is 2.14. The lowest BCUT2D eigenvalue weighted by molar-refractivity contribution is 0.356. The standard InChI is InChI=1S/C19H18ClN3O2S/c1-24-17-10-11(20)9-16(18(17)25-2)23-19(26)22-15-8-7-14(21)12-5-3-4-6-13(12)15/h3-10H,21H2,1-2H3,(H2,22,23,26). The molecule has 4 N–H and O–H groups in total. The van der Waals surface area contributed by atoms with E-state index in [2.05, 4.69) is 10.6 Å². The van der Waals surface area contributed by atoms with Crippen LogP contribution in [-0.4, -0.2) is 19.3 Å². The molecule has 0 saturated heterocycles. The number of ether oxygens (including phenoxy) is 2. The van der Waals surface area contributed by atoms with Gasteiger partial charge in [0.15, 0.2) is 16.6 Å². The molecule has 0 fully saturated rings. The molecule has 3 rings (SSSR count). The normalized spacial score (nSPS) is 10.4. The Hall–Kier alpha value is -2.70. The average molecular weight is 388 g/mol. The van der Waals surface area contributed by atoms with Crippen LogP contribution in [0.15, 0.2) is 48.5 Å². The van der Waals surface area contributed by atoms with E-state index in [1.54, 1.807) is 26.4 Å². The Morgan fingerprint density at radius 1 is 0.962 bits per heavy atom. The van der Waals surface area contributed by atoms with Gasteiger partial charge < -0.3 is 25.8 Å². The van der Waals surface area contributed by atoms with Crippen LogP contribution in [-0.2, 0) is 0 Å². The molecule has 134 valence electrons. The fourth-order valence-corrected chi connectivity index (χ4v) is 3.16. The molecule has 3 aromatic rings. The van der Waals surface area contributed by atoms with Crippen molar-refractivity contribution >= 4 is 56.8 Å². The Balaban J connectivity index is 1.89. The molecular weight excluding hydrogens is 370 g/mol. The van der Waals surface area contributed by atoms with Crippen molar-refractivity contribution in [2.45, 2.75) is 0 Å². The quantitative estimate of drug-likeness (QED) is 0.437. The number of methoxy groups -OCH3 is 2. The summed E-state index contributed by atoms with van der Waals surface area (Å²) in [5.74, 6) is 1.03. The van der Waals surface area contributed by atoms with Gasteiger partial charge in [0, 0.05) is 33.2 Å². The number of hydrogen-bond donors (Lipinski definition) is 3. The molecule has 0 aliphatic rings. The van der Waals surface area contributed by atoms with Gasteiger partial charge in [-0.1, -0.05) is 35.9 Å². The zero-order chi connectivity index (χ0) is 18.7. The van der Waals surface area contributed by atoms with Crippen LogP contribution in [0.3, 0.4) is 0 Å². The minimum Gasteiger partial charge on any atom is -0.493 e. The molecule has 0 aliphatic heterocycles. The summed E-state index contributed by atoms with van der Waals surface area (Å²) in [7, 11) is 3.11. The number of nitrogen functional groups attached to an aromatic ring is 1. The molecule has 26 heavy (non-hydrogen) atoms. The van der Waals surface area contributed by atoms with Crippen molar-refractivity contribution in [3.05, 3.63) is 53.6 Å². The molecule has 0 spiro atoms. The summed E-state index contributed by atoms with van der Waals surface area (Å²) in [5.41, 5.74) is 8.21. The van der Waals surface area contributed by atoms with E-state index in [0.717, 1.165) is 16.5 Å². The lowest BCUT2D eigenvalue weighted by Gasteiger charge is -2.17. The van der Waals surface area contributed by atoms with Crippen molar-refractivity contribution in [2.24, 2.45) is 0 Å². The topological polar surface area (TPSA) is 68.5 Å². The van der Waals surface area contributed by atoms with Crippen LogP contribution in [0.25, 0.3) is 10.8 Å².